The Labute approximate surface area is 100 Å². The maximum absolute atomic E-state index is 5.57. The second-order valence-electron chi connectivity index (χ2n) is 4.06. The molecule has 0 atom stereocenters. The van der Waals surface area contributed by atoms with Gasteiger partial charge in [-0.05, 0) is 13.8 Å². The highest BCUT2D eigenvalue weighted by Gasteiger charge is 2.20. The van der Waals surface area contributed by atoms with Crippen LogP contribution >= 0.6 is 12.2 Å². The Morgan fingerprint density at radius 3 is 2.69 bits per heavy atom. The van der Waals surface area contributed by atoms with Crippen molar-refractivity contribution in [3.05, 3.63) is 18.1 Å². The van der Waals surface area contributed by atoms with E-state index in [-0.39, 0.29) is 10.5 Å². The fraction of sp³-hybridized carbons (Fsp3) is 0.500. The number of nitrogens with two attached hydrogens (primary N) is 1. The van der Waals surface area contributed by atoms with Crippen molar-refractivity contribution >= 4 is 23.0 Å². The van der Waals surface area contributed by atoms with E-state index in [1.807, 2.05) is 13.8 Å². The van der Waals surface area contributed by atoms with Gasteiger partial charge in [0.1, 0.15) is 10.7 Å². The van der Waals surface area contributed by atoms with Gasteiger partial charge in [0, 0.05) is 19.5 Å². The minimum atomic E-state index is -0.260. The van der Waals surface area contributed by atoms with Gasteiger partial charge in [-0.3, -0.25) is 0 Å². The second-order valence-corrected chi connectivity index (χ2v) is 4.50. The monoisotopic (exact) mass is 240 g/mol. The van der Waals surface area contributed by atoms with Crippen LogP contribution in [0.25, 0.3) is 0 Å². The maximum atomic E-state index is 5.57. The summed E-state index contributed by atoms with van der Waals surface area (Å²) in [7, 11) is 1.65. The molecule has 0 spiro atoms. The molecule has 5 nitrogen and oxygen atoms in total. The lowest BCUT2D eigenvalue weighted by molar-refractivity contribution is 0.158. The number of aromatic nitrogens is 2. The van der Waals surface area contributed by atoms with Crippen LogP contribution in [0.3, 0.4) is 0 Å². The van der Waals surface area contributed by atoms with E-state index in [1.54, 1.807) is 19.5 Å². The van der Waals surface area contributed by atoms with Gasteiger partial charge in [-0.2, -0.15) is 0 Å². The van der Waals surface area contributed by atoms with Gasteiger partial charge in [0.15, 0.2) is 5.82 Å². The number of ether oxygens (including phenoxy) is 1. The molecule has 0 saturated heterocycles. The number of methoxy groups -OCH3 is 1. The summed E-state index contributed by atoms with van der Waals surface area (Å²) in [6, 6.07) is 0. The molecule has 0 aliphatic rings. The molecule has 1 heterocycles. The minimum absolute atomic E-state index is 0.226. The van der Waals surface area contributed by atoms with E-state index in [4.69, 9.17) is 22.7 Å². The third-order valence-electron chi connectivity index (χ3n) is 1.89. The van der Waals surface area contributed by atoms with Crippen molar-refractivity contribution in [1.82, 2.24) is 9.97 Å². The quantitative estimate of drug-likeness (QED) is 0.746. The first kappa shape index (κ1) is 12.8. The molecule has 0 aliphatic heterocycles. The van der Waals surface area contributed by atoms with Crippen molar-refractivity contribution in [2.45, 2.75) is 19.4 Å². The van der Waals surface area contributed by atoms with Crippen LogP contribution in [0.5, 0.6) is 0 Å². The topological polar surface area (TPSA) is 73.1 Å². The molecule has 0 bridgehead atoms. The molecule has 0 unspecified atom stereocenters. The average molecular weight is 240 g/mol. The van der Waals surface area contributed by atoms with E-state index in [9.17, 15) is 0 Å². The molecular weight excluding hydrogens is 224 g/mol. The van der Waals surface area contributed by atoms with Gasteiger partial charge in [-0.15, -0.1) is 0 Å². The van der Waals surface area contributed by atoms with Crippen molar-refractivity contribution in [2.24, 2.45) is 5.73 Å². The van der Waals surface area contributed by atoms with Crippen LogP contribution in [0, 0.1) is 0 Å². The molecule has 1 rings (SSSR count). The largest absolute Gasteiger partial charge is 0.388 e. The smallest absolute Gasteiger partial charge is 0.155 e. The number of hydrogen-bond donors (Lipinski definition) is 2. The average Bonchev–Trinajstić information content (AvgIpc) is 2.17. The van der Waals surface area contributed by atoms with Gasteiger partial charge in [0.2, 0.25) is 0 Å². The first-order valence-electron chi connectivity index (χ1n) is 4.84. The lowest BCUT2D eigenvalue weighted by atomic mass is 10.1. The Morgan fingerprint density at radius 2 is 2.12 bits per heavy atom. The molecule has 6 heteroatoms. The first-order chi connectivity index (χ1) is 7.46. The van der Waals surface area contributed by atoms with Crippen LogP contribution in [0.15, 0.2) is 12.4 Å². The molecular formula is C10H16N4OS. The molecule has 0 aliphatic carbocycles. The minimum Gasteiger partial charge on any atom is -0.388 e. The van der Waals surface area contributed by atoms with Gasteiger partial charge in [0.05, 0.1) is 12.1 Å². The number of hydrogen-bond acceptors (Lipinski definition) is 5. The molecule has 0 radical (unpaired) electrons. The van der Waals surface area contributed by atoms with Crippen molar-refractivity contribution < 1.29 is 4.74 Å². The fourth-order valence-corrected chi connectivity index (χ4v) is 1.48. The summed E-state index contributed by atoms with van der Waals surface area (Å²) in [5, 5.41) is 3.20. The van der Waals surface area contributed by atoms with Crippen molar-refractivity contribution in [2.75, 3.05) is 19.0 Å². The maximum Gasteiger partial charge on any atom is 0.155 e. The Hall–Kier alpha value is -1.27. The highest BCUT2D eigenvalue weighted by Crippen LogP contribution is 2.15. The van der Waals surface area contributed by atoms with E-state index >= 15 is 0 Å². The standard InChI is InChI=1S/C10H16N4OS/c1-10(2,6-15-3)14-9-7(8(11)16)12-4-5-13-9/h4-5H,6H2,1-3H3,(H2,11,16)(H,13,14). The summed E-state index contributed by atoms with van der Waals surface area (Å²) >= 11 is 4.91. The number of nitrogens with zero attached hydrogens (tertiary/aromatic N) is 2. The van der Waals surface area contributed by atoms with Gasteiger partial charge in [-0.25, -0.2) is 9.97 Å². The highest BCUT2D eigenvalue weighted by molar-refractivity contribution is 7.80. The van der Waals surface area contributed by atoms with Gasteiger partial charge in [0.25, 0.3) is 0 Å². The van der Waals surface area contributed by atoms with Crippen molar-refractivity contribution in [3.8, 4) is 0 Å². The summed E-state index contributed by atoms with van der Waals surface area (Å²) in [6.45, 7) is 4.53. The molecule has 1 aromatic rings. The summed E-state index contributed by atoms with van der Waals surface area (Å²) in [6.07, 6.45) is 3.15. The van der Waals surface area contributed by atoms with Crippen LogP contribution in [-0.2, 0) is 4.74 Å². The predicted octanol–water partition coefficient (Wildman–Crippen LogP) is 0.948. The van der Waals surface area contributed by atoms with Crippen molar-refractivity contribution in [3.63, 3.8) is 0 Å². The molecule has 16 heavy (non-hydrogen) atoms. The molecule has 0 saturated carbocycles. The Kier molecular flexibility index (Phi) is 4.14. The molecule has 0 amide bonds. The lowest BCUT2D eigenvalue weighted by Crippen LogP contribution is -2.37. The van der Waals surface area contributed by atoms with Crippen LogP contribution in [0.4, 0.5) is 5.82 Å². The number of thiocarbonyl (C=S) groups is 1. The number of rotatable bonds is 5. The van der Waals surface area contributed by atoms with Crippen LogP contribution in [0.1, 0.15) is 19.5 Å². The van der Waals surface area contributed by atoms with E-state index in [1.165, 1.54) is 0 Å². The summed E-state index contributed by atoms with van der Waals surface area (Å²) in [5.74, 6) is 0.581. The number of nitrogens with one attached hydrogen (secondary N) is 1. The fourth-order valence-electron chi connectivity index (χ4n) is 1.33. The SMILES string of the molecule is COCC(C)(C)Nc1nccnc1C(N)=S. The van der Waals surface area contributed by atoms with Crippen molar-refractivity contribution in [1.29, 1.82) is 0 Å². The Balaban J connectivity index is 2.92. The molecule has 3 N–H and O–H groups in total. The predicted molar refractivity (Wildman–Crippen MR) is 67.5 cm³/mol. The van der Waals surface area contributed by atoms with E-state index in [0.717, 1.165) is 0 Å². The normalized spacial score (nSPS) is 11.2. The van der Waals surface area contributed by atoms with E-state index in [0.29, 0.717) is 18.1 Å². The molecule has 88 valence electrons. The zero-order valence-corrected chi connectivity index (χ0v) is 10.5. The van der Waals surface area contributed by atoms with Crippen LogP contribution in [0.2, 0.25) is 0 Å². The van der Waals surface area contributed by atoms with Gasteiger partial charge >= 0.3 is 0 Å². The van der Waals surface area contributed by atoms with Gasteiger partial charge in [-0.1, -0.05) is 12.2 Å². The van der Waals surface area contributed by atoms with Gasteiger partial charge < -0.3 is 15.8 Å². The molecule has 0 fully saturated rings. The van der Waals surface area contributed by atoms with Crippen LogP contribution < -0.4 is 11.1 Å². The van der Waals surface area contributed by atoms with Crippen LogP contribution in [-0.4, -0.2) is 34.2 Å². The third-order valence-corrected chi connectivity index (χ3v) is 2.09. The Bertz CT molecular complexity index is 381. The van der Waals surface area contributed by atoms with E-state index < -0.39 is 0 Å². The third kappa shape index (κ3) is 3.39. The van der Waals surface area contributed by atoms with E-state index in [2.05, 4.69) is 15.3 Å². The first-order valence-corrected chi connectivity index (χ1v) is 5.25. The zero-order chi connectivity index (χ0) is 12.2. The lowest BCUT2D eigenvalue weighted by Gasteiger charge is -2.26. The molecule has 0 aromatic carbocycles. The molecule has 1 aromatic heterocycles. The summed E-state index contributed by atoms with van der Waals surface area (Å²) in [5.41, 5.74) is 5.81. The summed E-state index contributed by atoms with van der Waals surface area (Å²) < 4.78 is 5.10. The highest BCUT2D eigenvalue weighted by atomic mass is 32.1. The zero-order valence-electron chi connectivity index (χ0n) is 9.65. The summed E-state index contributed by atoms with van der Waals surface area (Å²) in [4.78, 5) is 8.49. The second kappa shape index (κ2) is 5.18. The Morgan fingerprint density at radius 1 is 1.50 bits per heavy atom. The number of anilines is 1.